The van der Waals surface area contributed by atoms with E-state index in [4.69, 9.17) is 4.74 Å². The zero-order chi connectivity index (χ0) is 11.0. The Hall–Kier alpha value is -0.0800. The average Bonchev–Trinajstić information content (AvgIpc) is 3.03. The van der Waals surface area contributed by atoms with E-state index in [9.17, 15) is 0 Å². The van der Waals surface area contributed by atoms with Crippen molar-refractivity contribution in [2.75, 3.05) is 26.2 Å². The standard InChI is InChI=1S/C14H25NO/c1-2-12-9-14(16-11-12)5-7-15(8-6-14)10-13-3-4-13/h12-13H,2-11H2,1H3. The number of hydrogen-bond acceptors (Lipinski definition) is 2. The van der Waals surface area contributed by atoms with Gasteiger partial charge in [-0.1, -0.05) is 13.3 Å². The summed E-state index contributed by atoms with van der Waals surface area (Å²) in [5.41, 5.74) is 0.292. The van der Waals surface area contributed by atoms with E-state index >= 15 is 0 Å². The van der Waals surface area contributed by atoms with Gasteiger partial charge in [-0.15, -0.1) is 0 Å². The molecule has 0 aromatic rings. The lowest BCUT2D eigenvalue weighted by atomic mass is 9.84. The van der Waals surface area contributed by atoms with Crippen LogP contribution in [0.15, 0.2) is 0 Å². The molecule has 1 aliphatic carbocycles. The van der Waals surface area contributed by atoms with Gasteiger partial charge in [-0.05, 0) is 43.9 Å². The number of rotatable bonds is 3. The van der Waals surface area contributed by atoms with Crippen molar-refractivity contribution >= 4 is 0 Å². The summed E-state index contributed by atoms with van der Waals surface area (Å²) >= 11 is 0. The van der Waals surface area contributed by atoms with Crippen LogP contribution in [-0.2, 0) is 4.74 Å². The Labute approximate surface area is 99.3 Å². The molecule has 2 heteroatoms. The Morgan fingerprint density at radius 1 is 1.19 bits per heavy atom. The van der Waals surface area contributed by atoms with Gasteiger partial charge in [0.15, 0.2) is 0 Å². The largest absolute Gasteiger partial charge is 0.375 e. The predicted molar refractivity (Wildman–Crippen MR) is 65.5 cm³/mol. The van der Waals surface area contributed by atoms with Crippen LogP contribution in [0.1, 0.15) is 45.4 Å². The molecule has 3 aliphatic rings. The molecule has 0 radical (unpaired) electrons. The second kappa shape index (κ2) is 4.30. The van der Waals surface area contributed by atoms with Gasteiger partial charge in [-0.2, -0.15) is 0 Å². The highest BCUT2D eigenvalue weighted by Gasteiger charge is 2.42. The van der Waals surface area contributed by atoms with E-state index in [0.717, 1.165) is 18.4 Å². The lowest BCUT2D eigenvalue weighted by molar-refractivity contribution is -0.0442. The van der Waals surface area contributed by atoms with Gasteiger partial charge in [0.25, 0.3) is 0 Å². The van der Waals surface area contributed by atoms with Crippen LogP contribution in [0.2, 0.25) is 0 Å². The van der Waals surface area contributed by atoms with E-state index in [1.807, 2.05) is 0 Å². The van der Waals surface area contributed by atoms with Gasteiger partial charge < -0.3 is 9.64 Å². The molecule has 0 aromatic heterocycles. The smallest absolute Gasteiger partial charge is 0.0710 e. The van der Waals surface area contributed by atoms with Gasteiger partial charge in [-0.3, -0.25) is 0 Å². The molecule has 1 spiro atoms. The summed E-state index contributed by atoms with van der Waals surface area (Å²) in [6.07, 6.45) is 8.17. The van der Waals surface area contributed by atoms with Gasteiger partial charge in [-0.25, -0.2) is 0 Å². The zero-order valence-corrected chi connectivity index (χ0v) is 10.6. The summed E-state index contributed by atoms with van der Waals surface area (Å²) in [6.45, 7) is 7.27. The van der Waals surface area contributed by atoms with Crippen LogP contribution >= 0.6 is 0 Å². The van der Waals surface area contributed by atoms with Crippen molar-refractivity contribution in [3.63, 3.8) is 0 Å². The van der Waals surface area contributed by atoms with Gasteiger partial charge >= 0.3 is 0 Å². The topological polar surface area (TPSA) is 12.5 Å². The molecule has 3 rings (SSSR count). The quantitative estimate of drug-likeness (QED) is 0.729. The van der Waals surface area contributed by atoms with Crippen molar-refractivity contribution in [3.05, 3.63) is 0 Å². The van der Waals surface area contributed by atoms with E-state index in [-0.39, 0.29) is 0 Å². The molecule has 0 bridgehead atoms. The van der Waals surface area contributed by atoms with Crippen LogP contribution in [0, 0.1) is 11.8 Å². The zero-order valence-electron chi connectivity index (χ0n) is 10.6. The molecule has 2 heterocycles. The molecule has 92 valence electrons. The van der Waals surface area contributed by atoms with Crippen LogP contribution in [-0.4, -0.2) is 36.7 Å². The Bertz CT molecular complexity index is 241. The molecular formula is C14H25NO. The number of nitrogens with zero attached hydrogens (tertiary/aromatic N) is 1. The van der Waals surface area contributed by atoms with E-state index in [1.54, 1.807) is 0 Å². The second-order valence-electron chi connectivity index (χ2n) is 6.22. The molecule has 3 fully saturated rings. The highest BCUT2D eigenvalue weighted by Crippen LogP contribution is 2.40. The lowest BCUT2D eigenvalue weighted by Crippen LogP contribution is -2.44. The molecule has 2 saturated heterocycles. The van der Waals surface area contributed by atoms with Crippen molar-refractivity contribution in [1.29, 1.82) is 0 Å². The van der Waals surface area contributed by atoms with E-state index in [0.29, 0.717) is 5.60 Å². The molecule has 2 aliphatic heterocycles. The Balaban J connectivity index is 1.49. The first-order valence-electron chi connectivity index (χ1n) is 7.16. The molecule has 1 atom stereocenters. The van der Waals surface area contributed by atoms with Gasteiger partial charge in [0.1, 0.15) is 0 Å². The molecule has 1 saturated carbocycles. The molecule has 0 N–H and O–H groups in total. The van der Waals surface area contributed by atoms with E-state index in [2.05, 4.69) is 11.8 Å². The Morgan fingerprint density at radius 2 is 1.94 bits per heavy atom. The maximum Gasteiger partial charge on any atom is 0.0710 e. The maximum atomic E-state index is 6.13. The summed E-state index contributed by atoms with van der Waals surface area (Å²) in [6, 6.07) is 0. The Morgan fingerprint density at radius 3 is 2.50 bits per heavy atom. The van der Waals surface area contributed by atoms with Crippen LogP contribution in [0.3, 0.4) is 0 Å². The number of hydrogen-bond donors (Lipinski definition) is 0. The third kappa shape index (κ3) is 2.28. The molecule has 2 nitrogen and oxygen atoms in total. The average molecular weight is 223 g/mol. The molecule has 0 amide bonds. The van der Waals surface area contributed by atoms with Crippen molar-refractivity contribution in [1.82, 2.24) is 4.90 Å². The van der Waals surface area contributed by atoms with Gasteiger partial charge in [0.2, 0.25) is 0 Å². The fourth-order valence-corrected chi connectivity index (χ4v) is 3.36. The lowest BCUT2D eigenvalue weighted by Gasteiger charge is -2.38. The number of ether oxygens (including phenoxy) is 1. The van der Waals surface area contributed by atoms with Crippen LogP contribution in [0.4, 0.5) is 0 Å². The monoisotopic (exact) mass is 223 g/mol. The predicted octanol–water partition coefficient (Wildman–Crippen LogP) is 2.68. The van der Waals surface area contributed by atoms with Crippen molar-refractivity contribution in [2.45, 2.75) is 51.0 Å². The van der Waals surface area contributed by atoms with E-state index < -0.39 is 0 Å². The SMILES string of the molecule is CCC1COC2(CCN(CC3CC3)CC2)C1. The molecule has 16 heavy (non-hydrogen) atoms. The summed E-state index contributed by atoms with van der Waals surface area (Å²) in [5.74, 6) is 1.89. The highest BCUT2D eigenvalue weighted by atomic mass is 16.5. The summed E-state index contributed by atoms with van der Waals surface area (Å²) < 4.78 is 6.13. The maximum absolute atomic E-state index is 6.13. The first-order chi connectivity index (χ1) is 7.80. The minimum atomic E-state index is 0.292. The first kappa shape index (κ1) is 11.0. The Kier molecular flexibility index (Phi) is 2.97. The van der Waals surface area contributed by atoms with Crippen molar-refractivity contribution in [3.8, 4) is 0 Å². The summed E-state index contributed by atoms with van der Waals surface area (Å²) in [5, 5.41) is 0. The highest BCUT2D eigenvalue weighted by molar-refractivity contribution is 4.94. The van der Waals surface area contributed by atoms with Crippen molar-refractivity contribution in [2.24, 2.45) is 11.8 Å². The normalized spacial score (nSPS) is 34.7. The third-order valence-electron chi connectivity index (χ3n) is 4.84. The van der Waals surface area contributed by atoms with Gasteiger partial charge in [0.05, 0.1) is 12.2 Å². The fraction of sp³-hybridized carbons (Fsp3) is 1.00. The minimum Gasteiger partial charge on any atom is -0.375 e. The molecule has 1 unspecified atom stereocenters. The molecular weight excluding hydrogens is 198 g/mol. The number of piperidine rings is 1. The van der Waals surface area contributed by atoms with Gasteiger partial charge in [0, 0.05) is 19.6 Å². The van der Waals surface area contributed by atoms with Crippen molar-refractivity contribution < 1.29 is 4.74 Å². The number of likely N-dealkylation sites (tertiary alicyclic amines) is 1. The van der Waals surface area contributed by atoms with Crippen LogP contribution in [0.5, 0.6) is 0 Å². The minimum absolute atomic E-state index is 0.292. The van der Waals surface area contributed by atoms with E-state index in [1.165, 1.54) is 58.2 Å². The third-order valence-corrected chi connectivity index (χ3v) is 4.84. The molecule has 0 aromatic carbocycles. The van der Waals surface area contributed by atoms with Crippen LogP contribution < -0.4 is 0 Å². The summed E-state index contributed by atoms with van der Waals surface area (Å²) in [4.78, 5) is 2.67. The fourth-order valence-electron chi connectivity index (χ4n) is 3.36. The van der Waals surface area contributed by atoms with Crippen LogP contribution in [0.25, 0.3) is 0 Å². The first-order valence-corrected chi connectivity index (χ1v) is 7.16. The second-order valence-corrected chi connectivity index (χ2v) is 6.22. The summed E-state index contributed by atoms with van der Waals surface area (Å²) in [7, 11) is 0.